The van der Waals surface area contributed by atoms with E-state index in [2.05, 4.69) is 15.5 Å². The van der Waals surface area contributed by atoms with E-state index in [0.29, 0.717) is 41.7 Å². The summed E-state index contributed by atoms with van der Waals surface area (Å²) in [6.45, 7) is 6.30. The number of likely N-dealkylation sites (tertiary alicyclic amines) is 1. The highest BCUT2D eigenvalue weighted by molar-refractivity contribution is 6.06. The van der Waals surface area contributed by atoms with Crippen LogP contribution in [-0.4, -0.2) is 43.0 Å². The predicted octanol–water partition coefficient (Wildman–Crippen LogP) is 5.51. The molecule has 1 atom stereocenters. The van der Waals surface area contributed by atoms with E-state index in [4.69, 9.17) is 9.47 Å². The lowest BCUT2D eigenvalue weighted by Crippen LogP contribution is -2.35. The topological polar surface area (TPSA) is 79.9 Å². The maximum Gasteiger partial charge on any atom is 0.255 e. The molecule has 1 unspecified atom stereocenters. The molecule has 3 aromatic rings. The number of nitrogens with zero attached hydrogens (tertiary/aromatic N) is 1. The molecule has 7 heteroatoms. The molecule has 0 aliphatic carbocycles. The monoisotopic (exact) mass is 487 g/mol. The molecule has 1 heterocycles. The van der Waals surface area contributed by atoms with Crippen molar-refractivity contribution < 1.29 is 19.1 Å². The average molecular weight is 488 g/mol. The first kappa shape index (κ1) is 25.3. The van der Waals surface area contributed by atoms with Gasteiger partial charge in [-0.15, -0.1) is 0 Å². The Labute approximate surface area is 212 Å². The third-order valence-corrected chi connectivity index (χ3v) is 6.09. The van der Waals surface area contributed by atoms with Crippen LogP contribution in [0.15, 0.2) is 72.8 Å². The van der Waals surface area contributed by atoms with E-state index in [9.17, 15) is 9.59 Å². The highest BCUT2D eigenvalue weighted by atomic mass is 16.5. The van der Waals surface area contributed by atoms with Gasteiger partial charge in [0.25, 0.3) is 5.91 Å². The Balaban J connectivity index is 1.64. The summed E-state index contributed by atoms with van der Waals surface area (Å²) < 4.78 is 11.7. The van der Waals surface area contributed by atoms with Gasteiger partial charge in [-0.05, 0) is 57.5 Å². The minimum atomic E-state index is -0.406. The van der Waals surface area contributed by atoms with Crippen molar-refractivity contribution in [2.75, 3.05) is 36.9 Å². The van der Waals surface area contributed by atoms with Crippen molar-refractivity contribution in [3.63, 3.8) is 0 Å². The zero-order valence-corrected chi connectivity index (χ0v) is 20.8. The van der Waals surface area contributed by atoms with E-state index in [-0.39, 0.29) is 11.8 Å². The van der Waals surface area contributed by atoms with Crippen LogP contribution in [0.5, 0.6) is 11.5 Å². The molecule has 0 saturated carbocycles. The first-order valence-electron chi connectivity index (χ1n) is 12.5. The molecule has 1 fully saturated rings. The van der Waals surface area contributed by atoms with Crippen molar-refractivity contribution in [1.82, 2.24) is 4.90 Å². The molecule has 1 aliphatic heterocycles. The lowest BCUT2D eigenvalue weighted by Gasteiger charge is -2.27. The highest BCUT2D eigenvalue weighted by Crippen LogP contribution is 2.38. The van der Waals surface area contributed by atoms with Gasteiger partial charge in [-0.3, -0.25) is 14.5 Å². The number of ether oxygens (including phenoxy) is 2. The van der Waals surface area contributed by atoms with Crippen molar-refractivity contribution >= 4 is 23.2 Å². The number of carbonyl (C=O) groups excluding carboxylic acids is 2. The third-order valence-electron chi connectivity index (χ3n) is 6.09. The third kappa shape index (κ3) is 6.04. The van der Waals surface area contributed by atoms with Gasteiger partial charge in [0.15, 0.2) is 0 Å². The first-order chi connectivity index (χ1) is 17.6. The molecule has 36 heavy (non-hydrogen) atoms. The summed E-state index contributed by atoms with van der Waals surface area (Å²) in [5, 5.41) is 6.00. The van der Waals surface area contributed by atoms with E-state index in [0.717, 1.165) is 31.5 Å². The van der Waals surface area contributed by atoms with Gasteiger partial charge in [-0.1, -0.05) is 48.5 Å². The number of amides is 2. The van der Waals surface area contributed by atoms with Crippen molar-refractivity contribution in [3.05, 3.63) is 83.9 Å². The number of carbonyl (C=O) groups is 2. The fourth-order valence-corrected chi connectivity index (χ4v) is 4.45. The Morgan fingerprint density at radius 1 is 0.806 bits per heavy atom. The number of hydrogen-bond acceptors (Lipinski definition) is 5. The zero-order chi connectivity index (χ0) is 25.3. The van der Waals surface area contributed by atoms with Crippen molar-refractivity contribution in [2.24, 2.45) is 0 Å². The second kappa shape index (κ2) is 12.2. The van der Waals surface area contributed by atoms with Crippen LogP contribution in [0.2, 0.25) is 0 Å². The van der Waals surface area contributed by atoms with Gasteiger partial charge >= 0.3 is 0 Å². The average Bonchev–Trinajstić information content (AvgIpc) is 3.42. The summed E-state index contributed by atoms with van der Waals surface area (Å²) in [5.41, 5.74) is 2.47. The first-order valence-corrected chi connectivity index (χ1v) is 12.5. The number of rotatable bonds is 10. The molecule has 4 rings (SSSR count). The molecule has 1 saturated heterocycles. The Morgan fingerprint density at radius 2 is 1.33 bits per heavy atom. The maximum atomic E-state index is 13.7. The van der Waals surface area contributed by atoms with Gasteiger partial charge in [0, 0.05) is 17.7 Å². The van der Waals surface area contributed by atoms with Gasteiger partial charge < -0.3 is 20.1 Å². The molecule has 7 nitrogen and oxygen atoms in total. The molecule has 0 aromatic heterocycles. The number of hydrogen-bond donors (Lipinski definition) is 2. The molecular formula is C29H33N3O4. The van der Waals surface area contributed by atoms with Crippen LogP contribution >= 0.6 is 0 Å². The molecule has 2 N–H and O–H groups in total. The van der Waals surface area contributed by atoms with Gasteiger partial charge in [0.1, 0.15) is 17.5 Å². The van der Waals surface area contributed by atoms with Crippen LogP contribution < -0.4 is 20.1 Å². The molecule has 0 spiro atoms. The van der Waals surface area contributed by atoms with Crippen LogP contribution in [0.4, 0.5) is 11.4 Å². The lowest BCUT2D eigenvalue weighted by atomic mass is 10.0. The van der Waals surface area contributed by atoms with Crippen LogP contribution in [0, 0.1) is 0 Å². The van der Waals surface area contributed by atoms with E-state index >= 15 is 0 Å². The SMILES string of the molecule is CCOc1cc(NC(=O)C(c2ccccc2)N2CCCC2)c(OCC)cc1NC(=O)c1ccccc1. The van der Waals surface area contributed by atoms with Crippen LogP contribution in [-0.2, 0) is 4.79 Å². The minimum absolute atomic E-state index is 0.132. The lowest BCUT2D eigenvalue weighted by molar-refractivity contribution is -0.121. The van der Waals surface area contributed by atoms with Crippen molar-refractivity contribution in [1.29, 1.82) is 0 Å². The summed E-state index contributed by atoms with van der Waals surface area (Å²) in [5.74, 6) is 0.533. The quantitative estimate of drug-likeness (QED) is 0.394. The number of anilines is 2. The van der Waals surface area contributed by atoms with Crippen LogP contribution in [0.25, 0.3) is 0 Å². The Hall–Kier alpha value is -3.84. The normalized spacial score (nSPS) is 14.2. The second-order valence-electron chi connectivity index (χ2n) is 8.58. The van der Waals surface area contributed by atoms with Crippen LogP contribution in [0.1, 0.15) is 48.7 Å². The standard InChI is InChI=1S/C29H33N3O4/c1-3-35-25-20-24(26(36-4-2)19-23(25)30-28(33)22-15-9-6-10-16-22)31-29(34)27(32-17-11-12-18-32)21-13-7-5-8-14-21/h5-10,13-16,19-20,27H,3-4,11-12,17-18H2,1-2H3,(H,30,33)(H,31,34). The fourth-order valence-electron chi connectivity index (χ4n) is 4.45. The molecule has 1 aliphatic rings. The fraction of sp³-hybridized carbons (Fsp3) is 0.310. The maximum absolute atomic E-state index is 13.7. The number of nitrogens with one attached hydrogen (secondary N) is 2. The molecule has 188 valence electrons. The number of benzene rings is 3. The zero-order valence-electron chi connectivity index (χ0n) is 20.8. The molecule has 3 aromatic carbocycles. The Kier molecular flexibility index (Phi) is 8.57. The van der Waals surface area contributed by atoms with Crippen LogP contribution in [0.3, 0.4) is 0 Å². The van der Waals surface area contributed by atoms with Gasteiger partial charge in [0.05, 0.1) is 24.6 Å². The largest absolute Gasteiger partial charge is 0.492 e. The van der Waals surface area contributed by atoms with Crippen molar-refractivity contribution in [3.8, 4) is 11.5 Å². The summed E-state index contributed by atoms with van der Waals surface area (Å²) in [7, 11) is 0. The predicted molar refractivity (Wildman–Crippen MR) is 142 cm³/mol. The smallest absolute Gasteiger partial charge is 0.255 e. The Morgan fingerprint density at radius 3 is 1.89 bits per heavy atom. The minimum Gasteiger partial charge on any atom is -0.492 e. The molecular weight excluding hydrogens is 454 g/mol. The highest BCUT2D eigenvalue weighted by Gasteiger charge is 2.30. The van der Waals surface area contributed by atoms with Gasteiger partial charge in [0.2, 0.25) is 5.91 Å². The van der Waals surface area contributed by atoms with Crippen molar-refractivity contribution in [2.45, 2.75) is 32.7 Å². The molecule has 0 radical (unpaired) electrons. The summed E-state index contributed by atoms with van der Waals surface area (Å²) in [6.07, 6.45) is 2.15. The second-order valence-corrected chi connectivity index (χ2v) is 8.58. The van der Waals surface area contributed by atoms with E-state index in [1.54, 1.807) is 24.3 Å². The summed E-state index contributed by atoms with van der Waals surface area (Å²) >= 11 is 0. The van der Waals surface area contributed by atoms with Gasteiger partial charge in [-0.25, -0.2) is 0 Å². The Bertz CT molecular complexity index is 1160. The van der Waals surface area contributed by atoms with E-state index in [1.165, 1.54) is 0 Å². The van der Waals surface area contributed by atoms with E-state index in [1.807, 2.05) is 62.4 Å². The summed E-state index contributed by atoms with van der Waals surface area (Å²) in [6, 6.07) is 21.8. The molecule has 0 bridgehead atoms. The molecule has 2 amide bonds. The van der Waals surface area contributed by atoms with Gasteiger partial charge in [-0.2, -0.15) is 0 Å². The van der Waals surface area contributed by atoms with E-state index < -0.39 is 6.04 Å². The summed E-state index contributed by atoms with van der Waals surface area (Å²) in [4.78, 5) is 28.7.